The van der Waals surface area contributed by atoms with E-state index in [0.717, 1.165) is 49.6 Å². The molecule has 146 valence electrons. The Hall–Kier alpha value is -1.57. The van der Waals surface area contributed by atoms with Crippen LogP contribution in [0.2, 0.25) is 0 Å². The zero-order valence-electron chi connectivity index (χ0n) is 16.5. The van der Waals surface area contributed by atoms with Crippen molar-refractivity contribution in [1.82, 2.24) is 15.1 Å². The van der Waals surface area contributed by atoms with E-state index in [2.05, 4.69) is 21.8 Å². The molecule has 5 nitrogen and oxygen atoms in total. The Morgan fingerprint density at radius 2 is 1.85 bits per heavy atom. The molecule has 1 amide bonds. The fraction of sp³-hybridized carbons (Fsp3) is 0.500. The minimum atomic E-state index is 0. The summed E-state index contributed by atoms with van der Waals surface area (Å²) in [6, 6.07) is 7.78. The zero-order chi connectivity index (χ0) is 18.7. The van der Waals surface area contributed by atoms with Crippen molar-refractivity contribution in [1.29, 1.82) is 0 Å². The summed E-state index contributed by atoms with van der Waals surface area (Å²) in [6.07, 6.45) is 4.00. The van der Waals surface area contributed by atoms with Gasteiger partial charge in [-0.05, 0) is 44.4 Å². The lowest BCUT2D eigenvalue weighted by atomic mass is 10.1. The molecule has 0 aromatic heterocycles. The molecule has 6 heteroatoms. The molecule has 0 saturated heterocycles. The predicted molar refractivity (Wildman–Crippen MR) is 121 cm³/mol. The van der Waals surface area contributed by atoms with Gasteiger partial charge in [0.25, 0.3) is 5.91 Å². The Morgan fingerprint density at radius 3 is 2.35 bits per heavy atom. The molecule has 0 fully saturated rings. The largest absolute Gasteiger partial charge is 0.352 e. The minimum Gasteiger partial charge on any atom is -0.352 e. The van der Waals surface area contributed by atoms with Crippen LogP contribution in [-0.2, 0) is 6.54 Å². The number of unbranched alkanes of at least 4 members (excludes halogenated alkanes) is 1. The van der Waals surface area contributed by atoms with Crippen molar-refractivity contribution in [3.05, 3.63) is 48.0 Å². The predicted octanol–water partition coefficient (Wildman–Crippen LogP) is 3.76. The number of hydrogen-bond donors (Lipinski definition) is 1. The molecule has 0 unspecified atom stereocenters. The first-order valence-electron chi connectivity index (χ1n) is 8.98. The van der Waals surface area contributed by atoms with Crippen LogP contribution in [0.1, 0.15) is 42.6 Å². The van der Waals surface area contributed by atoms with Crippen molar-refractivity contribution in [3.8, 4) is 0 Å². The highest BCUT2D eigenvalue weighted by molar-refractivity contribution is 14.0. The smallest absolute Gasteiger partial charge is 0.253 e. The molecule has 26 heavy (non-hydrogen) atoms. The number of nitrogens with one attached hydrogen (secondary N) is 1. The average molecular weight is 472 g/mol. The maximum absolute atomic E-state index is 12.3. The molecule has 1 N–H and O–H groups in total. The van der Waals surface area contributed by atoms with Crippen LogP contribution in [0.5, 0.6) is 0 Å². The summed E-state index contributed by atoms with van der Waals surface area (Å²) in [6.45, 7) is 10.8. The van der Waals surface area contributed by atoms with Gasteiger partial charge in [-0.1, -0.05) is 18.2 Å². The van der Waals surface area contributed by atoms with Gasteiger partial charge in [0.2, 0.25) is 0 Å². The highest BCUT2D eigenvalue weighted by atomic mass is 127. The van der Waals surface area contributed by atoms with E-state index < -0.39 is 0 Å². The summed E-state index contributed by atoms with van der Waals surface area (Å²) in [5, 5.41) is 3.36. The van der Waals surface area contributed by atoms with Crippen molar-refractivity contribution in [2.24, 2.45) is 4.99 Å². The van der Waals surface area contributed by atoms with Gasteiger partial charge < -0.3 is 15.1 Å². The van der Waals surface area contributed by atoms with Gasteiger partial charge in [0.05, 0.1) is 0 Å². The van der Waals surface area contributed by atoms with Crippen LogP contribution in [0.25, 0.3) is 0 Å². The standard InChI is InChI=1S/C20H32N4O.HI/c1-6-9-10-15-23(5)20(21-4)22-16-17-11-13-18(14-12-17)19(25)24(7-2)8-3;/h6,11-14H,1,7-10,15-16H2,2-5H3,(H,21,22);1H. The number of carbonyl (C=O) groups excluding carboxylic acids is 1. The first-order valence-corrected chi connectivity index (χ1v) is 8.98. The molecule has 0 spiro atoms. The highest BCUT2D eigenvalue weighted by Gasteiger charge is 2.12. The van der Waals surface area contributed by atoms with Crippen molar-refractivity contribution in [2.75, 3.05) is 33.7 Å². The lowest BCUT2D eigenvalue weighted by Gasteiger charge is -2.22. The van der Waals surface area contributed by atoms with Gasteiger partial charge in [0.15, 0.2) is 5.96 Å². The van der Waals surface area contributed by atoms with Crippen molar-refractivity contribution >= 4 is 35.8 Å². The quantitative estimate of drug-likeness (QED) is 0.196. The molecule has 0 aliphatic rings. The van der Waals surface area contributed by atoms with E-state index in [1.807, 2.05) is 56.1 Å². The Morgan fingerprint density at radius 1 is 1.23 bits per heavy atom. The monoisotopic (exact) mass is 472 g/mol. The van der Waals surface area contributed by atoms with Crippen LogP contribution in [0.3, 0.4) is 0 Å². The number of aliphatic imine (C=N–C) groups is 1. The fourth-order valence-electron chi connectivity index (χ4n) is 2.60. The minimum absolute atomic E-state index is 0. The molecule has 1 rings (SSSR count). The van der Waals surface area contributed by atoms with E-state index in [4.69, 9.17) is 0 Å². The average Bonchev–Trinajstić information content (AvgIpc) is 2.64. The summed E-state index contributed by atoms with van der Waals surface area (Å²) in [4.78, 5) is 20.6. The first-order chi connectivity index (χ1) is 12.1. The molecule has 0 atom stereocenters. The molecule has 0 radical (unpaired) electrons. The molecule has 0 bridgehead atoms. The molecular weight excluding hydrogens is 439 g/mol. The Kier molecular flexibility index (Phi) is 12.8. The van der Waals surface area contributed by atoms with Gasteiger partial charge in [0.1, 0.15) is 0 Å². The van der Waals surface area contributed by atoms with Gasteiger partial charge in [-0.3, -0.25) is 9.79 Å². The maximum Gasteiger partial charge on any atom is 0.253 e. The van der Waals surface area contributed by atoms with Crippen molar-refractivity contribution in [3.63, 3.8) is 0 Å². The van der Waals surface area contributed by atoms with E-state index in [0.29, 0.717) is 6.54 Å². The number of amides is 1. The number of hydrogen-bond acceptors (Lipinski definition) is 2. The third-order valence-corrected chi connectivity index (χ3v) is 4.18. The fourth-order valence-corrected chi connectivity index (χ4v) is 2.60. The number of halogens is 1. The van der Waals surface area contributed by atoms with Gasteiger partial charge in [-0.25, -0.2) is 0 Å². The van der Waals surface area contributed by atoms with Crippen LogP contribution in [0.4, 0.5) is 0 Å². The number of allylic oxidation sites excluding steroid dienone is 1. The molecule has 1 aromatic rings. The van der Waals surface area contributed by atoms with Gasteiger partial charge in [0, 0.05) is 45.8 Å². The molecule has 0 aliphatic heterocycles. The third kappa shape index (κ3) is 7.76. The van der Waals surface area contributed by atoms with E-state index in [1.54, 1.807) is 7.05 Å². The van der Waals surface area contributed by atoms with Gasteiger partial charge >= 0.3 is 0 Å². The number of benzene rings is 1. The second kappa shape index (κ2) is 13.6. The van der Waals surface area contributed by atoms with Crippen LogP contribution < -0.4 is 5.32 Å². The van der Waals surface area contributed by atoms with E-state index >= 15 is 0 Å². The Bertz CT molecular complexity index is 568. The van der Waals surface area contributed by atoms with Crippen molar-refractivity contribution in [2.45, 2.75) is 33.2 Å². The van der Waals surface area contributed by atoms with Crippen LogP contribution in [0.15, 0.2) is 41.9 Å². The Labute approximate surface area is 175 Å². The molecule has 0 heterocycles. The number of nitrogens with zero attached hydrogens (tertiary/aromatic N) is 3. The summed E-state index contributed by atoms with van der Waals surface area (Å²) < 4.78 is 0. The van der Waals surface area contributed by atoms with Crippen molar-refractivity contribution < 1.29 is 4.79 Å². The van der Waals surface area contributed by atoms with Crippen LogP contribution in [0, 0.1) is 0 Å². The summed E-state index contributed by atoms with van der Waals surface area (Å²) in [7, 11) is 3.82. The number of carbonyl (C=O) groups is 1. The molecule has 1 aromatic carbocycles. The van der Waals surface area contributed by atoms with Crippen LogP contribution >= 0.6 is 24.0 Å². The van der Waals surface area contributed by atoms with Gasteiger partial charge in [-0.15, -0.1) is 30.6 Å². The van der Waals surface area contributed by atoms with E-state index in [9.17, 15) is 4.79 Å². The molecule has 0 aliphatic carbocycles. The first kappa shape index (κ1) is 24.4. The van der Waals surface area contributed by atoms with E-state index in [1.165, 1.54) is 0 Å². The number of guanidine groups is 1. The normalized spacial score (nSPS) is 10.7. The number of rotatable bonds is 9. The molecular formula is C20H33IN4O. The van der Waals surface area contributed by atoms with Crippen LogP contribution in [-0.4, -0.2) is 55.4 Å². The Balaban J connectivity index is 0.00000625. The summed E-state index contributed by atoms with van der Waals surface area (Å²) in [5.74, 6) is 0.953. The summed E-state index contributed by atoms with van der Waals surface area (Å²) >= 11 is 0. The lowest BCUT2D eigenvalue weighted by Crippen LogP contribution is -2.39. The van der Waals surface area contributed by atoms with Gasteiger partial charge in [-0.2, -0.15) is 0 Å². The van der Waals surface area contributed by atoms with E-state index in [-0.39, 0.29) is 29.9 Å². The second-order valence-electron chi connectivity index (χ2n) is 5.93. The summed E-state index contributed by atoms with van der Waals surface area (Å²) in [5.41, 5.74) is 1.86. The molecule has 0 saturated carbocycles. The topological polar surface area (TPSA) is 47.9 Å². The second-order valence-corrected chi connectivity index (χ2v) is 5.93. The third-order valence-electron chi connectivity index (χ3n) is 4.18. The zero-order valence-corrected chi connectivity index (χ0v) is 18.8. The lowest BCUT2D eigenvalue weighted by molar-refractivity contribution is 0.0773. The maximum atomic E-state index is 12.3. The SMILES string of the molecule is C=CCCCN(C)C(=NC)NCc1ccc(C(=O)N(CC)CC)cc1.I. The highest BCUT2D eigenvalue weighted by Crippen LogP contribution is 2.08.